The highest BCUT2D eigenvalue weighted by Gasteiger charge is 2.12. The molecule has 0 N–H and O–H groups in total. The molecule has 16 heavy (non-hydrogen) atoms. The second kappa shape index (κ2) is 5.03. The van der Waals surface area contributed by atoms with Crippen LogP contribution in [0.3, 0.4) is 0 Å². The minimum atomic E-state index is 0.758. The smallest absolute Gasteiger partial charge is 0.238 e. The van der Waals surface area contributed by atoms with Gasteiger partial charge in [0.2, 0.25) is 10.9 Å². The van der Waals surface area contributed by atoms with Gasteiger partial charge in [0.25, 0.3) is 0 Å². The van der Waals surface area contributed by atoms with Crippen molar-refractivity contribution in [2.45, 2.75) is 10.8 Å². The molecule has 1 aromatic carbocycles. The summed E-state index contributed by atoms with van der Waals surface area (Å²) in [4.78, 5) is 1.89. The van der Waals surface area contributed by atoms with Gasteiger partial charge < -0.3 is 9.42 Å². The molecule has 0 saturated carbocycles. The Morgan fingerprint density at radius 2 is 2.00 bits per heavy atom. The Kier molecular flexibility index (Phi) is 3.46. The summed E-state index contributed by atoms with van der Waals surface area (Å²) in [5.74, 6) is 1.64. The number of nitrogens with zero attached hydrogens (tertiary/aromatic N) is 3. The second-order valence-corrected chi connectivity index (χ2v) is 4.50. The molecule has 84 valence electrons. The summed E-state index contributed by atoms with van der Waals surface area (Å²) < 4.78 is 5.11. The normalized spacial score (nSPS) is 10.4. The lowest BCUT2D eigenvalue weighted by atomic mass is 10.2. The Morgan fingerprint density at radius 3 is 2.69 bits per heavy atom. The molecule has 0 radical (unpaired) electrons. The highest BCUT2D eigenvalue weighted by molar-refractivity contribution is 7.98. The van der Waals surface area contributed by atoms with E-state index in [1.54, 1.807) is 11.8 Å². The molecule has 0 atom stereocenters. The number of aromatic nitrogens is 2. The predicted octanol–water partition coefficient (Wildman–Crippen LogP) is 2.43. The van der Waals surface area contributed by atoms with Crippen LogP contribution in [0.4, 0.5) is 5.82 Å². The maximum atomic E-state index is 5.11. The van der Waals surface area contributed by atoms with Crippen LogP contribution in [0.2, 0.25) is 0 Å². The quantitative estimate of drug-likeness (QED) is 0.761. The third-order valence-corrected chi connectivity index (χ3v) is 3.08. The van der Waals surface area contributed by atoms with Gasteiger partial charge >= 0.3 is 0 Å². The number of thioether (sulfide) groups is 1. The summed E-state index contributed by atoms with van der Waals surface area (Å²) in [7, 11) is 3.85. The Labute approximate surface area is 98.6 Å². The Hall–Kier alpha value is -1.49. The molecule has 2 rings (SSSR count). The zero-order chi connectivity index (χ0) is 11.4. The summed E-state index contributed by atoms with van der Waals surface area (Å²) in [6.07, 6.45) is 0. The molecule has 5 heteroatoms. The van der Waals surface area contributed by atoms with Crippen LogP contribution in [0.25, 0.3) is 0 Å². The van der Waals surface area contributed by atoms with E-state index in [4.69, 9.17) is 4.52 Å². The van der Waals surface area contributed by atoms with E-state index in [2.05, 4.69) is 22.5 Å². The summed E-state index contributed by atoms with van der Waals surface area (Å²) in [5, 5.41) is 8.24. The van der Waals surface area contributed by atoms with Gasteiger partial charge in [0.15, 0.2) is 0 Å². The maximum Gasteiger partial charge on any atom is 0.238 e. The molecule has 0 spiro atoms. The van der Waals surface area contributed by atoms with Crippen LogP contribution in [0, 0.1) is 0 Å². The van der Waals surface area contributed by atoms with E-state index in [1.807, 2.05) is 37.2 Å². The number of rotatable bonds is 4. The predicted molar refractivity (Wildman–Crippen MR) is 64.6 cm³/mol. The number of benzene rings is 1. The molecule has 1 aromatic heterocycles. The van der Waals surface area contributed by atoms with E-state index in [0.29, 0.717) is 0 Å². The fourth-order valence-corrected chi connectivity index (χ4v) is 2.19. The molecule has 0 aliphatic heterocycles. The van der Waals surface area contributed by atoms with E-state index in [-0.39, 0.29) is 0 Å². The SMILES string of the molecule is CN(C)c1nnoc1SCc1ccccc1. The number of hydrogen-bond donors (Lipinski definition) is 0. The van der Waals surface area contributed by atoms with Gasteiger partial charge in [0, 0.05) is 25.1 Å². The van der Waals surface area contributed by atoms with Gasteiger partial charge in [-0.1, -0.05) is 47.2 Å². The van der Waals surface area contributed by atoms with Gasteiger partial charge in [-0.25, -0.2) is 0 Å². The molecule has 0 aliphatic rings. The van der Waals surface area contributed by atoms with Crippen LogP contribution in [-0.2, 0) is 5.75 Å². The van der Waals surface area contributed by atoms with E-state index < -0.39 is 0 Å². The summed E-state index contributed by atoms with van der Waals surface area (Å²) >= 11 is 1.60. The first-order valence-corrected chi connectivity index (χ1v) is 5.92. The van der Waals surface area contributed by atoms with E-state index in [0.717, 1.165) is 16.7 Å². The summed E-state index contributed by atoms with van der Waals surface area (Å²) in [6, 6.07) is 10.2. The van der Waals surface area contributed by atoms with E-state index in [1.165, 1.54) is 5.56 Å². The van der Waals surface area contributed by atoms with Crippen molar-refractivity contribution in [2.75, 3.05) is 19.0 Å². The zero-order valence-corrected chi connectivity index (χ0v) is 10.1. The van der Waals surface area contributed by atoms with Gasteiger partial charge in [0.05, 0.1) is 0 Å². The Balaban J connectivity index is 2.02. The molecular formula is C11H13N3OS. The lowest BCUT2D eigenvalue weighted by Gasteiger charge is -2.07. The van der Waals surface area contributed by atoms with Gasteiger partial charge in [-0.3, -0.25) is 0 Å². The van der Waals surface area contributed by atoms with Crippen LogP contribution >= 0.6 is 11.8 Å². The first-order valence-electron chi connectivity index (χ1n) is 4.94. The third-order valence-electron chi connectivity index (χ3n) is 2.08. The molecule has 0 bridgehead atoms. The van der Waals surface area contributed by atoms with Crippen LogP contribution in [-0.4, -0.2) is 24.5 Å². The second-order valence-electron chi connectivity index (χ2n) is 3.55. The number of anilines is 1. The summed E-state index contributed by atoms with van der Waals surface area (Å²) in [5.41, 5.74) is 1.26. The molecule has 1 heterocycles. The third kappa shape index (κ3) is 2.55. The Morgan fingerprint density at radius 1 is 1.25 bits per heavy atom. The van der Waals surface area contributed by atoms with Crippen molar-refractivity contribution in [2.24, 2.45) is 0 Å². The fraction of sp³-hybridized carbons (Fsp3) is 0.273. The van der Waals surface area contributed by atoms with Crippen LogP contribution in [0.5, 0.6) is 0 Å². The average molecular weight is 235 g/mol. The topological polar surface area (TPSA) is 42.2 Å². The van der Waals surface area contributed by atoms with Crippen molar-refractivity contribution in [1.82, 2.24) is 10.4 Å². The molecule has 0 amide bonds. The lowest BCUT2D eigenvalue weighted by Crippen LogP contribution is -2.09. The molecular weight excluding hydrogens is 222 g/mol. The largest absolute Gasteiger partial charge is 0.357 e. The average Bonchev–Trinajstić information content (AvgIpc) is 2.76. The lowest BCUT2D eigenvalue weighted by molar-refractivity contribution is 0.331. The standard InChI is InChI=1S/C11H13N3OS/c1-14(2)10-11(15-13-12-10)16-8-9-6-4-3-5-7-9/h3-7H,8H2,1-2H3. The van der Waals surface area contributed by atoms with E-state index >= 15 is 0 Å². The first kappa shape index (κ1) is 11.0. The van der Waals surface area contributed by atoms with Crippen molar-refractivity contribution in [3.63, 3.8) is 0 Å². The minimum Gasteiger partial charge on any atom is -0.357 e. The zero-order valence-electron chi connectivity index (χ0n) is 9.25. The number of hydrogen-bond acceptors (Lipinski definition) is 5. The van der Waals surface area contributed by atoms with Crippen molar-refractivity contribution in [3.05, 3.63) is 35.9 Å². The molecule has 0 aliphatic carbocycles. The van der Waals surface area contributed by atoms with Gasteiger partial charge in [-0.05, 0) is 5.56 Å². The highest BCUT2D eigenvalue weighted by Crippen LogP contribution is 2.29. The summed E-state index contributed by atoms with van der Waals surface area (Å²) in [6.45, 7) is 0. The monoisotopic (exact) mass is 235 g/mol. The Bertz CT molecular complexity index is 442. The fourth-order valence-electron chi connectivity index (χ4n) is 1.26. The molecule has 0 fully saturated rings. The van der Waals surface area contributed by atoms with Crippen LogP contribution < -0.4 is 4.90 Å². The van der Waals surface area contributed by atoms with Crippen LogP contribution in [0.15, 0.2) is 39.9 Å². The van der Waals surface area contributed by atoms with Crippen molar-refractivity contribution < 1.29 is 4.52 Å². The first-order chi connectivity index (χ1) is 7.77. The maximum absolute atomic E-state index is 5.11. The van der Waals surface area contributed by atoms with Crippen molar-refractivity contribution in [1.29, 1.82) is 0 Å². The van der Waals surface area contributed by atoms with E-state index in [9.17, 15) is 0 Å². The van der Waals surface area contributed by atoms with Gasteiger partial charge in [-0.15, -0.1) is 0 Å². The van der Waals surface area contributed by atoms with Crippen molar-refractivity contribution >= 4 is 17.6 Å². The molecule has 2 aromatic rings. The van der Waals surface area contributed by atoms with Gasteiger partial charge in [-0.2, -0.15) is 0 Å². The van der Waals surface area contributed by atoms with Gasteiger partial charge in [0.1, 0.15) is 0 Å². The minimum absolute atomic E-state index is 0.758. The van der Waals surface area contributed by atoms with Crippen molar-refractivity contribution in [3.8, 4) is 0 Å². The van der Waals surface area contributed by atoms with Crippen LogP contribution in [0.1, 0.15) is 5.56 Å². The molecule has 0 unspecified atom stereocenters. The highest BCUT2D eigenvalue weighted by atomic mass is 32.2. The molecule has 0 saturated heterocycles. The molecule has 4 nitrogen and oxygen atoms in total.